The zero-order valence-electron chi connectivity index (χ0n) is 18.1. The number of anilines is 1. The molecule has 3 rings (SSSR count). The van der Waals surface area contributed by atoms with E-state index in [1.165, 1.54) is 0 Å². The molecule has 1 aromatic carbocycles. The predicted octanol–water partition coefficient (Wildman–Crippen LogP) is 1.68. The Hall–Kier alpha value is -2.71. The lowest BCUT2D eigenvalue weighted by Gasteiger charge is -2.32. The Morgan fingerprint density at radius 1 is 1.10 bits per heavy atom. The van der Waals surface area contributed by atoms with Gasteiger partial charge in [-0.1, -0.05) is 44.2 Å². The number of aromatic nitrogens is 2. The second kappa shape index (κ2) is 10.4. The van der Waals surface area contributed by atoms with Crippen molar-refractivity contribution in [1.82, 2.24) is 24.5 Å². The van der Waals surface area contributed by atoms with E-state index < -0.39 is 0 Å². The topological polar surface area (TPSA) is 73.7 Å². The maximum absolute atomic E-state index is 13.1. The second-order valence-corrected chi connectivity index (χ2v) is 7.63. The average molecular weight is 413 g/mol. The Morgan fingerprint density at radius 2 is 1.77 bits per heavy atom. The zero-order chi connectivity index (χ0) is 21.5. The number of hydrogen-bond donors (Lipinski definition) is 1. The molecule has 0 radical (unpaired) electrons. The lowest BCUT2D eigenvalue weighted by atomic mass is 10.0. The molecule has 8 nitrogen and oxygen atoms in total. The van der Waals surface area contributed by atoms with Gasteiger partial charge in [-0.05, 0) is 25.7 Å². The van der Waals surface area contributed by atoms with Crippen molar-refractivity contribution in [2.45, 2.75) is 26.4 Å². The highest BCUT2D eigenvalue weighted by atomic mass is 16.2. The fourth-order valence-electron chi connectivity index (χ4n) is 3.77. The smallest absolute Gasteiger partial charge is 0.246 e. The van der Waals surface area contributed by atoms with Gasteiger partial charge >= 0.3 is 0 Å². The van der Waals surface area contributed by atoms with Crippen molar-refractivity contribution in [3.63, 3.8) is 0 Å². The summed E-state index contributed by atoms with van der Waals surface area (Å²) < 4.78 is 1.59. The van der Waals surface area contributed by atoms with Crippen molar-refractivity contribution >= 4 is 17.5 Å². The third kappa shape index (κ3) is 5.46. The molecule has 1 aromatic heterocycles. The molecule has 30 heavy (non-hydrogen) atoms. The van der Waals surface area contributed by atoms with E-state index in [-0.39, 0.29) is 24.4 Å². The van der Waals surface area contributed by atoms with E-state index in [1.54, 1.807) is 17.1 Å². The number of benzene rings is 1. The maximum Gasteiger partial charge on any atom is 0.246 e. The minimum atomic E-state index is -0.378. The minimum absolute atomic E-state index is 0.0504. The van der Waals surface area contributed by atoms with Crippen LogP contribution in [0.1, 0.15) is 25.5 Å². The number of piperazine rings is 1. The van der Waals surface area contributed by atoms with Crippen LogP contribution in [0.4, 0.5) is 5.69 Å². The van der Waals surface area contributed by atoms with Crippen molar-refractivity contribution in [1.29, 1.82) is 0 Å². The van der Waals surface area contributed by atoms with Gasteiger partial charge in [0, 0.05) is 32.4 Å². The normalized spacial score (nSPS) is 15.9. The molecule has 1 saturated heterocycles. The molecule has 1 aliphatic heterocycles. The third-order valence-corrected chi connectivity index (χ3v) is 5.60. The van der Waals surface area contributed by atoms with Gasteiger partial charge in [-0.2, -0.15) is 5.10 Å². The summed E-state index contributed by atoms with van der Waals surface area (Å²) in [6.45, 7) is 9.06. The van der Waals surface area contributed by atoms with Gasteiger partial charge in [-0.3, -0.25) is 19.2 Å². The number of carbonyl (C=O) groups is 2. The predicted molar refractivity (Wildman–Crippen MR) is 117 cm³/mol. The summed E-state index contributed by atoms with van der Waals surface area (Å²) in [5, 5.41) is 7.24. The summed E-state index contributed by atoms with van der Waals surface area (Å²) in [6, 6.07) is 9.41. The van der Waals surface area contributed by atoms with Crippen LogP contribution in [0.15, 0.2) is 42.7 Å². The first kappa shape index (κ1) is 22.0. The summed E-state index contributed by atoms with van der Waals surface area (Å²) in [7, 11) is 2.06. The van der Waals surface area contributed by atoms with Crippen LogP contribution < -0.4 is 5.32 Å². The van der Waals surface area contributed by atoms with Gasteiger partial charge < -0.3 is 15.1 Å². The van der Waals surface area contributed by atoms with Crippen molar-refractivity contribution in [3.8, 4) is 0 Å². The number of nitrogens with zero attached hydrogens (tertiary/aromatic N) is 5. The number of hydrogen-bond acceptors (Lipinski definition) is 5. The number of amides is 2. The van der Waals surface area contributed by atoms with E-state index >= 15 is 0 Å². The third-order valence-electron chi connectivity index (χ3n) is 5.60. The van der Waals surface area contributed by atoms with Crippen LogP contribution in [0.2, 0.25) is 0 Å². The quantitative estimate of drug-likeness (QED) is 0.714. The Kier molecular flexibility index (Phi) is 7.59. The molecule has 162 valence electrons. The van der Waals surface area contributed by atoms with E-state index in [0.29, 0.717) is 5.69 Å². The highest BCUT2D eigenvalue weighted by Crippen LogP contribution is 2.22. The zero-order valence-corrected chi connectivity index (χ0v) is 18.1. The van der Waals surface area contributed by atoms with Crippen LogP contribution in [0.25, 0.3) is 0 Å². The minimum Gasteiger partial charge on any atom is -0.339 e. The highest BCUT2D eigenvalue weighted by Gasteiger charge is 2.26. The molecule has 1 N–H and O–H groups in total. The molecule has 2 aromatic rings. The van der Waals surface area contributed by atoms with Gasteiger partial charge in [0.05, 0.1) is 11.9 Å². The van der Waals surface area contributed by atoms with Crippen LogP contribution in [0.3, 0.4) is 0 Å². The Balaban J connectivity index is 1.64. The second-order valence-electron chi connectivity index (χ2n) is 7.63. The van der Waals surface area contributed by atoms with Crippen LogP contribution in [-0.4, -0.2) is 82.6 Å². The number of rotatable bonds is 8. The van der Waals surface area contributed by atoms with Crippen molar-refractivity contribution in [3.05, 3.63) is 48.3 Å². The monoisotopic (exact) mass is 412 g/mol. The first-order valence-corrected chi connectivity index (χ1v) is 10.6. The van der Waals surface area contributed by atoms with E-state index in [1.807, 2.05) is 35.2 Å². The molecule has 2 heterocycles. The molecule has 0 saturated carbocycles. The summed E-state index contributed by atoms with van der Waals surface area (Å²) in [5.41, 5.74) is 1.55. The van der Waals surface area contributed by atoms with E-state index in [9.17, 15) is 9.59 Å². The lowest BCUT2D eigenvalue weighted by molar-refractivity contribution is -0.133. The number of likely N-dealkylation sites (N-methyl/N-ethyl adjacent to an activating group) is 2. The summed E-state index contributed by atoms with van der Waals surface area (Å²) in [5.74, 6) is -0.0516. The summed E-state index contributed by atoms with van der Waals surface area (Å²) in [4.78, 5) is 31.8. The van der Waals surface area contributed by atoms with Gasteiger partial charge in [-0.25, -0.2) is 0 Å². The van der Waals surface area contributed by atoms with Crippen molar-refractivity contribution < 1.29 is 9.59 Å². The molecule has 0 bridgehead atoms. The highest BCUT2D eigenvalue weighted by molar-refractivity contribution is 5.95. The van der Waals surface area contributed by atoms with Gasteiger partial charge in [0.2, 0.25) is 11.8 Å². The van der Waals surface area contributed by atoms with Crippen LogP contribution >= 0.6 is 0 Å². The molecule has 1 aliphatic rings. The molecule has 8 heteroatoms. The van der Waals surface area contributed by atoms with E-state index in [4.69, 9.17) is 0 Å². The average Bonchev–Trinajstić information content (AvgIpc) is 3.19. The Bertz CT molecular complexity index is 825. The SMILES string of the molecule is CCN(CC)[C@@H](C(=O)Nc1cnn(CC(=O)N2CCN(C)CC2)c1)c1ccccc1. The molecule has 0 aliphatic carbocycles. The van der Waals surface area contributed by atoms with Crippen molar-refractivity contribution in [2.75, 3.05) is 51.6 Å². The summed E-state index contributed by atoms with van der Waals surface area (Å²) in [6.07, 6.45) is 3.32. The lowest BCUT2D eigenvalue weighted by Crippen LogP contribution is -2.48. The van der Waals surface area contributed by atoms with Gasteiger partial charge in [0.1, 0.15) is 12.6 Å². The summed E-state index contributed by atoms with van der Waals surface area (Å²) >= 11 is 0. The van der Waals surface area contributed by atoms with Gasteiger partial charge in [0.15, 0.2) is 0 Å². The Morgan fingerprint density at radius 3 is 2.40 bits per heavy atom. The molecule has 2 amide bonds. The molecule has 0 spiro atoms. The van der Waals surface area contributed by atoms with Crippen LogP contribution in [0, 0.1) is 0 Å². The molecule has 1 fully saturated rings. The molecule has 0 unspecified atom stereocenters. The fraction of sp³-hybridized carbons (Fsp3) is 0.500. The Labute approximate surface area is 178 Å². The van der Waals surface area contributed by atoms with Crippen molar-refractivity contribution in [2.24, 2.45) is 0 Å². The first-order valence-electron chi connectivity index (χ1n) is 10.6. The molecular formula is C22H32N6O2. The number of nitrogens with one attached hydrogen (secondary N) is 1. The van der Waals surface area contributed by atoms with E-state index in [2.05, 4.69) is 41.1 Å². The van der Waals surface area contributed by atoms with Gasteiger partial charge in [0.25, 0.3) is 0 Å². The van der Waals surface area contributed by atoms with E-state index in [0.717, 1.165) is 44.8 Å². The van der Waals surface area contributed by atoms with Gasteiger partial charge in [-0.15, -0.1) is 0 Å². The standard InChI is InChI=1S/C22H32N6O2/c1-4-26(5-2)21(18-9-7-6-8-10-18)22(30)24-19-15-23-28(16-19)17-20(29)27-13-11-25(3)12-14-27/h6-10,15-16,21H,4-5,11-14,17H2,1-3H3,(H,24,30)/t21-/m1/s1. The van der Waals surface area contributed by atoms with Crippen LogP contribution in [-0.2, 0) is 16.1 Å². The fourth-order valence-corrected chi connectivity index (χ4v) is 3.77. The maximum atomic E-state index is 13.1. The number of carbonyl (C=O) groups excluding carboxylic acids is 2. The molecule has 1 atom stereocenters. The molecular weight excluding hydrogens is 380 g/mol. The van der Waals surface area contributed by atoms with Crippen LogP contribution in [0.5, 0.6) is 0 Å². The first-order chi connectivity index (χ1) is 14.5. The largest absolute Gasteiger partial charge is 0.339 e.